The highest BCUT2D eigenvalue weighted by Gasteiger charge is 2.23. The fourth-order valence-electron chi connectivity index (χ4n) is 3.50. The molecule has 6 nitrogen and oxygen atoms in total. The summed E-state index contributed by atoms with van der Waals surface area (Å²) in [5, 5.41) is 5.14. The number of hydrogen-bond donors (Lipinski definition) is 0. The smallest absolute Gasteiger partial charge is 0.344 e. The average Bonchev–Trinajstić information content (AvgIpc) is 3.43. The monoisotopic (exact) mass is 457 g/mol. The van der Waals surface area contributed by atoms with Crippen LogP contribution in [0.15, 0.2) is 30.5 Å². The molecule has 1 fully saturated rings. The minimum absolute atomic E-state index is 0.134. The van der Waals surface area contributed by atoms with Gasteiger partial charge in [-0.25, -0.2) is 14.5 Å². The third-order valence-electron chi connectivity index (χ3n) is 5.17. The summed E-state index contributed by atoms with van der Waals surface area (Å²) in [7, 11) is 1.60. The average molecular weight is 458 g/mol. The second-order valence-corrected chi connectivity index (χ2v) is 10.8. The number of esters is 1. The number of ether oxygens (including phenoxy) is 2. The molecule has 31 heavy (non-hydrogen) atoms. The van der Waals surface area contributed by atoms with Crippen LogP contribution in [0, 0.1) is 0 Å². The number of hydrogen-bond acceptors (Lipinski definition) is 7. The number of pyridine rings is 1. The second-order valence-electron chi connectivity index (χ2n) is 8.04. The summed E-state index contributed by atoms with van der Waals surface area (Å²) in [4.78, 5) is 18.0. The van der Waals surface area contributed by atoms with Crippen molar-refractivity contribution >= 4 is 40.5 Å². The maximum Gasteiger partial charge on any atom is 0.344 e. The first kappa shape index (κ1) is 22.0. The molecule has 0 N–H and O–H groups in total. The van der Waals surface area contributed by atoms with Gasteiger partial charge in [0.1, 0.15) is 0 Å². The van der Waals surface area contributed by atoms with Crippen molar-refractivity contribution in [2.45, 2.75) is 44.2 Å². The fourth-order valence-corrected chi connectivity index (χ4v) is 6.34. The molecule has 1 aliphatic rings. The largest absolute Gasteiger partial charge is 0.493 e. The molecular weight excluding hydrogens is 430 g/mol. The predicted octanol–water partition coefficient (Wildman–Crippen LogP) is 5.84. The van der Waals surface area contributed by atoms with Crippen LogP contribution in [0.2, 0.25) is 0 Å². The predicted molar refractivity (Wildman–Crippen MR) is 128 cm³/mol. The number of thioether (sulfide) groups is 2. The number of carbonyl (C=O) groups is 1. The maximum absolute atomic E-state index is 13.2. The number of methoxy groups -OCH3 is 1. The lowest BCUT2D eigenvalue weighted by Gasteiger charge is -2.15. The topological polar surface area (TPSA) is 66.2 Å². The van der Waals surface area contributed by atoms with E-state index >= 15 is 0 Å². The van der Waals surface area contributed by atoms with E-state index in [0.717, 1.165) is 17.2 Å². The van der Waals surface area contributed by atoms with E-state index in [0.29, 0.717) is 32.7 Å². The van der Waals surface area contributed by atoms with Crippen molar-refractivity contribution in [3.8, 4) is 11.5 Å². The van der Waals surface area contributed by atoms with Gasteiger partial charge in [-0.3, -0.25) is 0 Å². The molecule has 8 heteroatoms. The normalized spacial score (nSPS) is 14.7. The Balaban J connectivity index is 1.70. The summed E-state index contributed by atoms with van der Waals surface area (Å²) in [6.45, 7) is 8.20. The zero-order valence-electron chi connectivity index (χ0n) is 18.4. The first-order valence-corrected chi connectivity index (χ1v) is 12.5. The highest BCUT2D eigenvalue weighted by atomic mass is 32.2. The number of fused-ring (bicyclic) bond motifs is 1. The molecule has 164 valence electrons. The molecule has 0 saturated carbocycles. The summed E-state index contributed by atoms with van der Waals surface area (Å²) < 4.78 is 13.6. The molecule has 3 heterocycles. The summed E-state index contributed by atoms with van der Waals surface area (Å²) in [6, 6.07) is 7.76. The minimum Gasteiger partial charge on any atom is -0.493 e. The molecule has 1 aliphatic heterocycles. The van der Waals surface area contributed by atoms with Crippen LogP contribution in [-0.2, 0) is 0 Å². The van der Waals surface area contributed by atoms with Gasteiger partial charge in [-0.15, -0.1) is 23.5 Å². The van der Waals surface area contributed by atoms with Gasteiger partial charge in [0.25, 0.3) is 0 Å². The Morgan fingerprint density at radius 2 is 1.87 bits per heavy atom. The second kappa shape index (κ2) is 9.12. The highest BCUT2D eigenvalue weighted by Crippen LogP contribution is 2.47. The summed E-state index contributed by atoms with van der Waals surface area (Å²) in [5.74, 6) is 3.00. The molecule has 0 amide bonds. The lowest BCUT2D eigenvalue weighted by Crippen LogP contribution is -2.12. The van der Waals surface area contributed by atoms with Gasteiger partial charge in [-0.05, 0) is 43.5 Å². The quantitative estimate of drug-likeness (QED) is 0.340. The van der Waals surface area contributed by atoms with Crippen molar-refractivity contribution in [1.29, 1.82) is 0 Å². The van der Waals surface area contributed by atoms with Crippen LogP contribution in [0.1, 0.15) is 65.9 Å². The third kappa shape index (κ3) is 4.41. The Bertz CT molecular complexity index is 1100. The van der Waals surface area contributed by atoms with Gasteiger partial charge < -0.3 is 9.47 Å². The van der Waals surface area contributed by atoms with E-state index in [4.69, 9.17) is 14.5 Å². The van der Waals surface area contributed by atoms with E-state index < -0.39 is 5.97 Å². The van der Waals surface area contributed by atoms with Gasteiger partial charge in [-0.1, -0.05) is 19.9 Å². The van der Waals surface area contributed by atoms with Crippen LogP contribution in [-0.4, -0.2) is 39.3 Å². The van der Waals surface area contributed by atoms with E-state index in [2.05, 4.69) is 18.9 Å². The van der Waals surface area contributed by atoms with Gasteiger partial charge >= 0.3 is 5.97 Å². The minimum atomic E-state index is -0.437. The Labute approximate surface area is 191 Å². The molecule has 0 aliphatic carbocycles. The van der Waals surface area contributed by atoms with Gasteiger partial charge in [0, 0.05) is 23.2 Å². The van der Waals surface area contributed by atoms with Crippen LogP contribution in [0.25, 0.3) is 11.0 Å². The van der Waals surface area contributed by atoms with Crippen molar-refractivity contribution in [3.05, 3.63) is 47.3 Å². The summed E-state index contributed by atoms with van der Waals surface area (Å²) >= 11 is 3.85. The molecule has 0 spiro atoms. The Kier molecular flexibility index (Phi) is 6.48. The van der Waals surface area contributed by atoms with E-state index in [1.807, 2.05) is 66.3 Å². The van der Waals surface area contributed by atoms with Gasteiger partial charge in [0.05, 0.1) is 28.8 Å². The van der Waals surface area contributed by atoms with Gasteiger partial charge in [0.2, 0.25) is 0 Å². The molecular formula is C23H27N3O3S2. The van der Waals surface area contributed by atoms with Crippen molar-refractivity contribution < 1.29 is 14.3 Å². The van der Waals surface area contributed by atoms with E-state index in [9.17, 15) is 4.79 Å². The van der Waals surface area contributed by atoms with E-state index in [1.54, 1.807) is 13.3 Å². The number of rotatable bonds is 6. The molecule has 3 aromatic rings. The maximum atomic E-state index is 13.2. The van der Waals surface area contributed by atoms with E-state index in [-0.39, 0.29) is 12.0 Å². The number of aromatic nitrogens is 3. The van der Waals surface area contributed by atoms with Crippen LogP contribution >= 0.6 is 23.5 Å². The molecule has 0 unspecified atom stereocenters. The molecule has 1 aromatic carbocycles. The molecule has 0 atom stereocenters. The van der Waals surface area contributed by atoms with Crippen molar-refractivity contribution in [2.24, 2.45) is 0 Å². The van der Waals surface area contributed by atoms with Crippen LogP contribution in [0.4, 0.5) is 0 Å². The lowest BCUT2D eigenvalue weighted by molar-refractivity contribution is 0.0731. The standard InChI is InChI=1S/C23H27N3O3S2/c1-13(2)18-11-16(17-12-24-26(14(3)4)21(17)25-18)22(27)29-19-7-6-15(10-20(19)28-5)23-30-8-9-31-23/h6-7,10-14,23H,8-9H2,1-5H3. The zero-order chi connectivity index (χ0) is 22.1. The Morgan fingerprint density at radius 1 is 1.13 bits per heavy atom. The summed E-state index contributed by atoms with van der Waals surface area (Å²) in [5.41, 5.74) is 3.18. The summed E-state index contributed by atoms with van der Waals surface area (Å²) in [6.07, 6.45) is 1.69. The molecule has 4 rings (SSSR count). The fraction of sp³-hybridized carbons (Fsp3) is 0.435. The van der Waals surface area contributed by atoms with Crippen LogP contribution in [0.3, 0.4) is 0 Å². The van der Waals surface area contributed by atoms with Crippen molar-refractivity contribution in [1.82, 2.24) is 14.8 Å². The zero-order valence-corrected chi connectivity index (χ0v) is 20.0. The highest BCUT2D eigenvalue weighted by molar-refractivity contribution is 8.19. The number of carbonyl (C=O) groups excluding carboxylic acids is 1. The molecule has 1 saturated heterocycles. The van der Waals surface area contributed by atoms with Gasteiger partial charge in [0.15, 0.2) is 17.1 Å². The Morgan fingerprint density at radius 3 is 2.52 bits per heavy atom. The first-order chi connectivity index (χ1) is 14.9. The first-order valence-electron chi connectivity index (χ1n) is 10.4. The molecule has 0 bridgehead atoms. The number of benzene rings is 1. The van der Waals surface area contributed by atoms with Crippen molar-refractivity contribution in [3.63, 3.8) is 0 Å². The molecule has 2 aromatic heterocycles. The Hall–Kier alpha value is -2.19. The number of nitrogens with zero attached hydrogens (tertiary/aromatic N) is 3. The van der Waals surface area contributed by atoms with Crippen molar-refractivity contribution in [2.75, 3.05) is 18.6 Å². The van der Waals surface area contributed by atoms with E-state index in [1.165, 1.54) is 5.56 Å². The lowest BCUT2D eigenvalue weighted by atomic mass is 10.1. The van der Waals surface area contributed by atoms with Crippen LogP contribution < -0.4 is 9.47 Å². The van der Waals surface area contributed by atoms with Crippen LogP contribution in [0.5, 0.6) is 11.5 Å². The SMILES string of the molecule is COc1cc(C2SCCS2)ccc1OC(=O)c1cc(C(C)C)nc2c1cnn2C(C)C. The van der Waals surface area contributed by atoms with Gasteiger partial charge in [-0.2, -0.15) is 5.10 Å². The third-order valence-corrected chi connectivity index (χ3v) is 8.28. The molecule has 0 radical (unpaired) electrons.